The first kappa shape index (κ1) is 56.6. The highest BCUT2D eigenvalue weighted by Gasteiger charge is 2.60. The van der Waals surface area contributed by atoms with Crippen LogP contribution in [-0.2, 0) is 28.5 Å². The number of hydrogen-bond acceptors (Lipinski definition) is 24. The smallest absolute Gasteiger partial charge is 0.310 e. The maximum atomic E-state index is 14.6. The number of esters is 2. The SMILES string of the molecule is O=C(OC[C@H]1O[C@@H](Oc2cc(O)c3c(=O)cc(-c4ccc(O)cc4)oc3c2)[C@H](O)[C@@H](O)[C@@H]1O)[C@H]1[C@H](C(=O)OC[C@H]2O[C@@H](Oc3cc(O)c4c(=O)cc(-c5ccc(O)cc5)oc4c3)[C@H](O)[C@H](O)[C@@H]2O)[C@H](c2ccc(O)cc2)[C@H]1c1ccc(O)cc1. The molecule has 3 aliphatic rings. The van der Waals surface area contributed by atoms with Crippen molar-refractivity contribution in [1.82, 2.24) is 0 Å². The van der Waals surface area contributed by atoms with Crippen molar-refractivity contribution in [2.45, 2.75) is 73.2 Å². The minimum absolute atomic E-state index is 0.0443. The Morgan fingerprint density at radius 2 is 0.750 bits per heavy atom. The molecule has 24 heteroatoms. The molecule has 11 rings (SSSR count). The molecule has 1 saturated carbocycles. The van der Waals surface area contributed by atoms with E-state index in [1.165, 1.54) is 109 Å². The largest absolute Gasteiger partial charge is 0.508 e. The molecule has 14 atom stereocenters. The number of carbonyl (C=O) groups is 2. The monoisotopic (exact) mass is 1160 g/mol. The Labute approximate surface area is 472 Å². The molecule has 0 amide bonds. The molecule has 3 fully saturated rings. The van der Waals surface area contributed by atoms with Crippen LogP contribution in [0.5, 0.6) is 46.0 Å². The zero-order valence-electron chi connectivity index (χ0n) is 43.5. The van der Waals surface area contributed by atoms with Gasteiger partial charge in [-0.25, -0.2) is 0 Å². The molecule has 2 aromatic heterocycles. The van der Waals surface area contributed by atoms with Crippen molar-refractivity contribution < 1.29 is 108 Å². The van der Waals surface area contributed by atoms with Gasteiger partial charge in [0.15, 0.2) is 10.9 Å². The summed E-state index contributed by atoms with van der Waals surface area (Å²) in [5.74, 6) is -8.88. The molecule has 4 heterocycles. The van der Waals surface area contributed by atoms with Crippen LogP contribution in [0.25, 0.3) is 44.6 Å². The maximum absolute atomic E-state index is 14.6. The fraction of sp³-hybridized carbons (Fsp3) is 0.267. The number of benzene rings is 6. The predicted molar refractivity (Wildman–Crippen MR) is 288 cm³/mol. The molecular weight excluding hydrogens is 1100 g/mol. The molecule has 8 aromatic rings. The lowest BCUT2D eigenvalue weighted by Gasteiger charge is -2.50. The summed E-state index contributed by atoms with van der Waals surface area (Å²) in [6.07, 6.45) is -18.7. The zero-order valence-corrected chi connectivity index (χ0v) is 43.5. The standard InChI is InChI=1S/C60H52O24/c61-29-9-1-25(2-10-29)39-21-37(67)47-35(65)17-33(19-41(47)81-39)79-59-55(73)53(71)51(69)43(83-59)23-77-57(75)49-45(27-5-13-31(63)14-6-27)46(28-7-15-32(64)16-8-28)50(49)58(76)78-24-44-52(70)54(72)56(74)60(84-44)80-34-18-36(66)48-38(68)22-40(82-42(48)20-34)26-3-11-30(62)12-4-26/h1-22,43-46,49-56,59-66,69-74H,23-24H2/t43-,44-,45-,46-,49-,50-,51-,52-,53-,54+,55-,56-,59-,60-/m1/s1. The Morgan fingerprint density at radius 3 is 1.10 bits per heavy atom. The number of ether oxygens (including phenoxy) is 6. The Kier molecular flexibility index (Phi) is 15.4. The minimum Gasteiger partial charge on any atom is -0.508 e. The Bertz CT molecular complexity index is 3610. The topological polar surface area (TPSA) is 393 Å². The van der Waals surface area contributed by atoms with Gasteiger partial charge in [-0.05, 0) is 83.9 Å². The van der Waals surface area contributed by atoms with E-state index in [9.17, 15) is 80.5 Å². The third-order valence-electron chi connectivity index (χ3n) is 15.1. The molecule has 0 radical (unpaired) electrons. The van der Waals surface area contributed by atoms with Gasteiger partial charge in [0.1, 0.15) is 142 Å². The van der Waals surface area contributed by atoms with Crippen LogP contribution in [0.2, 0.25) is 0 Å². The van der Waals surface area contributed by atoms with Gasteiger partial charge in [-0.2, -0.15) is 0 Å². The summed E-state index contributed by atoms with van der Waals surface area (Å²) in [6, 6.07) is 29.5. The average molecular weight is 1160 g/mol. The molecule has 24 nitrogen and oxygen atoms in total. The minimum atomic E-state index is -1.99. The van der Waals surface area contributed by atoms with E-state index in [2.05, 4.69) is 0 Å². The van der Waals surface area contributed by atoms with E-state index >= 15 is 0 Å². The number of aliphatic hydroxyl groups excluding tert-OH is 6. The zero-order chi connectivity index (χ0) is 59.4. The molecule has 0 unspecified atom stereocenters. The molecule has 2 saturated heterocycles. The maximum Gasteiger partial charge on any atom is 0.310 e. The molecule has 2 aliphatic heterocycles. The lowest BCUT2D eigenvalue weighted by atomic mass is 9.52. The number of rotatable bonds is 14. The second kappa shape index (κ2) is 22.8. The first-order valence-electron chi connectivity index (χ1n) is 26.1. The number of phenolic OH excluding ortho intramolecular Hbond substituents is 6. The first-order valence-corrected chi connectivity index (χ1v) is 26.1. The van der Waals surface area contributed by atoms with Gasteiger partial charge < -0.3 is 98.5 Å². The summed E-state index contributed by atoms with van der Waals surface area (Å²) in [6.45, 7) is -1.68. The van der Waals surface area contributed by atoms with Crippen molar-refractivity contribution >= 4 is 33.9 Å². The molecular formula is C60H52O24. The van der Waals surface area contributed by atoms with E-state index in [1.54, 1.807) is 0 Å². The molecule has 1 aliphatic carbocycles. The van der Waals surface area contributed by atoms with E-state index in [4.69, 9.17) is 37.3 Å². The second-order valence-corrected chi connectivity index (χ2v) is 20.5. The number of fused-ring (bicyclic) bond motifs is 2. The highest BCUT2D eigenvalue weighted by Crippen LogP contribution is 2.59. The fourth-order valence-electron chi connectivity index (χ4n) is 10.8. The summed E-state index contributed by atoms with van der Waals surface area (Å²) in [4.78, 5) is 55.5. The predicted octanol–water partition coefficient (Wildman–Crippen LogP) is 3.44. The van der Waals surface area contributed by atoms with Gasteiger partial charge in [0.25, 0.3) is 0 Å². The van der Waals surface area contributed by atoms with Crippen LogP contribution >= 0.6 is 0 Å². The summed E-state index contributed by atoms with van der Waals surface area (Å²) in [5, 5.41) is 128. The van der Waals surface area contributed by atoms with E-state index < -0.39 is 133 Å². The molecule has 0 spiro atoms. The normalized spacial score (nSPS) is 26.7. The van der Waals surface area contributed by atoms with Gasteiger partial charge >= 0.3 is 11.9 Å². The number of phenols is 6. The summed E-state index contributed by atoms with van der Waals surface area (Å²) in [5.41, 5.74) is 0.0221. The molecule has 6 aromatic carbocycles. The number of aliphatic hydroxyl groups is 6. The number of carbonyl (C=O) groups excluding carboxylic acids is 2. The lowest BCUT2D eigenvalue weighted by Crippen LogP contribution is -2.61. The summed E-state index contributed by atoms with van der Waals surface area (Å²) >= 11 is 0. The van der Waals surface area contributed by atoms with Gasteiger partial charge in [0.05, 0.1) is 11.8 Å². The number of hydrogen-bond donors (Lipinski definition) is 12. The molecule has 0 bridgehead atoms. The van der Waals surface area contributed by atoms with Crippen molar-refractivity contribution in [1.29, 1.82) is 0 Å². The second-order valence-electron chi connectivity index (χ2n) is 20.5. The van der Waals surface area contributed by atoms with Crippen molar-refractivity contribution in [3.8, 4) is 68.6 Å². The van der Waals surface area contributed by atoms with Crippen molar-refractivity contribution in [2.24, 2.45) is 11.8 Å². The highest BCUT2D eigenvalue weighted by atomic mass is 16.7. The Morgan fingerprint density at radius 1 is 0.417 bits per heavy atom. The van der Waals surface area contributed by atoms with Crippen molar-refractivity contribution in [3.05, 3.63) is 165 Å². The molecule has 12 N–H and O–H groups in total. The quantitative estimate of drug-likeness (QED) is 0.0694. The third kappa shape index (κ3) is 11.0. The fourth-order valence-corrected chi connectivity index (χ4v) is 10.8. The first-order chi connectivity index (χ1) is 40.2. The Balaban J connectivity index is 0.827. The van der Waals surface area contributed by atoms with Crippen LogP contribution in [0, 0.1) is 11.8 Å². The lowest BCUT2D eigenvalue weighted by molar-refractivity contribution is -0.279. The van der Waals surface area contributed by atoms with E-state index in [1.807, 2.05) is 0 Å². The van der Waals surface area contributed by atoms with Gasteiger partial charge in [-0.3, -0.25) is 19.2 Å². The van der Waals surface area contributed by atoms with E-state index in [0.29, 0.717) is 22.3 Å². The number of aromatic hydroxyl groups is 6. The van der Waals surface area contributed by atoms with Gasteiger partial charge in [-0.15, -0.1) is 0 Å². The van der Waals surface area contributed by atoms with Crippen LogP contribution in [0.15, 0.2) is 152 Å². The Hall–Kier alpha value is -9.24. The molecule has 84 heavy (non-hydrogen) atoms. The molecule has 436 valence electrons. The van der Waals surface area contributed by atoms with E-state index in [-0.39, 0.29) is 68.0 Å². The summed E-state index contributed by atoms with van der Waals surface area (Å²) in [7, 11) is 0. The third-order valence-corrected chi connectivity index (χ3v) is 15.1. The summed E-state index contributed by atoms with van der Waals surface area (Å²) < 4.78 is 46.7. The van der Waals surface area contributed by atoms with Crippen LogP contribution in [-0.4, -0.2) is 148 Å². The van der Waals surface area contributed by atoms with Gasteiger partial charge in [0, 0.05) is 59.4 Å². The highest BCUT2D eigenvalue weighted by molar-refractivity contribution is 5.88. The average Bonchev–Trinajstić information content (AvgIpc) is 0.850. The van der Waals surface area contributed by atoms with Gasteiger partial charge in [-0.1, -0.05) is 24.3 Å². The van der Waals surface area contributed by atoms with Crippen LogP contribution < -0.4 is 20.3 Å². The van der Waals surface area contributed by atoms with E-state index in [0.717, 1.165) is 24.3 Å². The van der Waals surface area contributed by atoms with Crippen molar-refractivity contribution in [2.75, 3.05) is 13.2 Å². The van der Waals surface area contributed by atoms with Crippen molar-refractivity contribution in [3.63, 3.8) is 0 Å². The van der Waals surface area contributed by atoms with Crippen LogP contribution in [0.3, 0.4) is 0 Å². The van der Waals surface area contributed by atoms with Crippen LogP contribution in [0.4, 0.5) is 0 Å². The van der Waals surface area contributed by atoms with Crippen LogP contribution in [0.1, 0.15) is 23.0 Å². The van der Waals surface area contributed by atoms with Gasteiger partial charge in [0.2, 0.25) is 12.6 Å².